The maximum atomic E-state index is 12.9. The van der Waals surface area contributed by atoms with Crippen molar-refractivity contribution in [1.82, 2.24) is 5.32 Å². The number of rotatable bonds is 7. The van der Waals surface area contributed by atoms with Gasteiger partial charge in [0.25, 0.3) is 5.91 Å². The molecule has 1 aromatic rings. The molecule has 0 aliphatic heterocycles. The Labute approximate surface area is 144 Å². The van der Waals surface area contributed by atoms with Gasteiger partial charge in [0.1, 0.15) is 11.9 Å². The molecule has 0 spiro atoms. The third-order valence-corrected chi connectivity index (χ3v) is 3.78. The average Bonchev–Trinajstić information content (AvgIpc) is 2.56. The van der Waals surface area contributed by atoms with Gasteiger partial charge in [0.2, 0.25) is 0 Å². The molecule has 0 aliphatic carbocycles. The van der Waals surface area contributed by atoms with Crippen LogP contribution in [0.4, 0.5) is 4.39 Å². The minimum Gasteiger partial charge on any atom is -0.467 e. The molecule has 2 atom stereocenters. The maximum Gasteiger partial charge on any atom is 0.340 e. The number of methoxy groups -OCH3 is 1. The third kappa shape index (κ3) is 5.49. The van der Waals surface area contributed by atoms with E-state index in [1.54, 1.807) is 6.92 Å². The summed E-state index contributed by atoms with van der Waals surface area (Å²) in [7, 11) is 1.22. The van der Waals surface area contributed by atoms with Crippen LogP contribution in [0, 0.1) is 11.7 Å². The highest BCUT2D eigenvalue weighted by Crippen LogP contribution is 2.18. The summed E-state index contributed by atoms with van der Waals surface area (Å²) in [4.78, 5) is 35.4. The molecular formula is C16H19ClFNO5. The van der Waals surface area contributed by atoms with E-state index in [9.17, 15) is 18.8 Å². The zero-order valence-corrected chi connectivity index (χ0v) is 14.4. The summed E-state index contributed by atoms with van der Waals surface area (Å²) in [6, 6.07) is 2.35. The highest BCUT2D eigenvalue weighted by Gasteiger charge is 2.27. The summed E-state index contributed by atoms with van der Waals surface area (Å²) in [5, 5.41) is 2.35. The lowest BCUT2D eigenvalue weighted by atomic mass is 9.99. The highest BCUT2D eigenvalue weighted by atomic mass is 35.5. The fourth-order valence-electron chi connectivity index (χ4n) is 1.88. The number of hydrogen-bond donors (Lipinski definition) is 1. The molecule has 6 nitrogen and oxygen atoms in total. The Morgan fingerprint density at radius 1 is 1.33 bits per heavy atom. The number of carbonyl (C=O) groups excluding carboxylic acids is 3. The first-order valence-electron chi connectivity index (χ1n) is 7.29. The van der Waals surface area contributed by atoms with Gasteiger partial charge in [0.05, 0.1) is 17.7 Å². The fraction of sp³-hybridized carbons (Fsp3) is 0.438. The van der Waals surface area contributed by atoms with Gasteiger partial charge in [0, 0.05) is 0 Å². The molecule has 0 fully saturated rings. The van der Waals surface area contributed by atoms with Crippen LogP contribution in [0.25, 0.3) is 0 Å². The van der Waals surface area contributed by atoms with Gasteiger partial charge in [-0.3, -0.25) is 4.79 Å². The standard InChI is InChI=1S/C16H19ClFNO5/c1-4-9(2)14(16(22)23-3)19-13(20)8-24-15(21)11-6-5-10(18)7-12(11)17/h5-7,9,14H,4,8H2,1-3H3,(H,19,20)/t9-,14+/m1/s1. The summed E-state index contributed by atoms with van der Waals surface area (Å²) in [6.45, 7) is 3.05. The number of halogens is 2. The summed E-state index contributed by atoms with van der Waals surface area (Å²) in [5.41, 5.74) is -0.0580. The van der Waals surface area contributed by atoms with E-state index in [0.29, 0.717) is 6.42 Å². The number of amides is 1. The molecule has 1 N–H and O–H groups in total. The number of esters is 2. The molecule has 8 heteroatoms. The van der Waals surface area contributed by atoms with E-state index in [0.717, 1.165) is 18.2 Å². The van der Waals surface area contributed by atoms with Gasteiger partial charge in [-0.25, -0.2) is 14.0 Å². The third-order valence-electron chi connectivity index (χ3n) is 3.47. The normalized spacial score (nSPS) is 12.9. The Bertz CT molecular complexity index is 622. The molecule has 24 heavy (non-hydrogen) atoms. The van der Waals surface area contributed by atoms with Gasteiger partial charge >= 0.3 is 11.9 Å². The average molecular weight is 360 g/mol. The van der Waals surface area contributed by atoms with Crippen molar-refractivity contribution in [3.63, 3.8) is 0 Å². The van der Waals surface area contributed by atoms with Crippen LogP contribution in [-0.2, 0) is 19.1 Å². The van der Waals surface area contributed by atoms with Crippen LogP contribution in [0.1, 0.15) is 30.6 Å². The van der Waals surface area contributed by atoms with Crippen LogP contribution in [0.3, 0.4) is 0 Å². The number of nitrogens with one attached hydrogen (secondary N) is 1. The van der Waals surface area contributed by atoms with Crippen LogP contribution >= 0.6 is 11.6 Å². The van der Waals surface area contributed by atoms with Crippen LogP contribution in [0.2, 0.25) is 5.02 Å². The second kappa shape index (κ2) is 9.22. The molecule has 1 rings (SSSR count). The van der Waals surface area contributed by atoms with Gasteiger partial charge in [0.15, 0.2) is 6.61 Å². The molecule has 1 aromatic carbocycles. The van der Waals surface area contributed by atoms with E-state index in [-0.39, 0.29) is 16.5 Å². The monoisotopic (exact) mass is 359 g/mol. The van der Waals surface area contributed by atoms with Crippen molar-refractivity contribution in [3.8, 4) is 0 Å². The van der Waals surface area contributed by atoms with Gasteiger partial charge in [-0.2, -0.15) is 0 Å². The molecule has 0 bridgehead atoms. The lowest BCUT2D eigenvalue weighted by Crippen LogP contribution is -2.47. The Balaban J connectivity index is 2.64. The number of carbonyl (C=O) groups is 3. The maximum absolute atomic E-state index is 12.9. The lowest BCUT2D eigenvalue weighted by Gasteiger charge is -2.21. The summed E-state index contributed by atoms with van der Waals surface area (Å²) in [6.07, 6.45) is 0.644. The van der Waals surface area contributed by atoms with Crippen molar-refractivity contribution in [2.24, 2.45) is 5.92 Å². The Morgan fingerprint density at radius 2 is 2.00 bits per heavy atom. The van der Waals surface area contributed by atoms with Crippen LogP contribution < -0.4 is 5.32 Å². The van der Waals surface area contributed by atoms with Gasteiger partial charge < -0.3 is 14.8 Å². The predicted molar refractivity (Wildman–Crippen MR) is 85.1 cm³/mol. The number of hydrogen-bond acceptors (Lipinski definition) is 5. The Kier molecular flexibility index (Phi) is 7.64. The van der Waals surface area contributed by atoms with Crippen molar-refractivity contribution in [2.45, 2.75) is 26.3 Å². The molecule has 0 unspecified atom stereocenters. The summed E-state index contributed by atoms with van der Waals surface area (Å²) >= 11 is 5.74. The van der Waals surface area contributed by atoms with E-state index in [1.807, 2.05) is 6.92 Å². The van der Waals surface area contributed by atoms with Crippen molar-refractivity contribution in [1.29, 1.82) is 0 Å². The fourth-order valence-corrected chi connectivity index (χ4v) is 2.12. The Morgan fingerprint density at radius 3 is 2.54 bits per heavy atom. The largest absolute Gasteiger partial charge is 0.467 e. The van der Waals surface area contributed by atoms with Crippen LogP contribution in [-0.4, -0.2) is 37.6 Å². The van der Waals surface area contributed by atoms with E-state index in [2.05, 4.69) is 10.1 Å². The van der Waals surface area contributed by atoms with E-state index in [1.165, 1.54) is 7.11 Å². The van der Waals surface area contributed by atoms with Crippen molar-refractivity contribution in [3.05, 3.63) is 34.6 Å². The van der Waals surface area contributed by atoms with E-state index >= 15 is 0 Å². The van der Waals surface area contributed by atoms with Gasteiger partial charge in [-0.15, -0.1) is 0 Å². The van der Waals surface area contributed by atoms with E-state index < -0.39 is 36.3 Å². The van der Waals surface area contributed by atoms with Crippen molar-refractivity contribution >= 4 is 29.4 Å². The van der Waals surface area contributed by atoms with Crippen molar-refractivity contribution < 1.29 is 28.2 Å². The van der Waals surface area contributed by atoms with Crippen LogP contribution in [0.15, 0.2) is 18.2 Å². The Hall–Kier alpha value is -2.15. The highest BCUT2D eigenvalue weighted by molar-refractivity contribution is 6.33. The smallest absolute Gasteiger partial charge is 0.340 e. The van der Waals surface area contributed by atoms with Gasteiger partial charge in [-0.1, -0.05) is 31.9 Å². The molecule has 0 saturated heterocycles. The zero-order valence-electron chi connectivity index (χ0n) is 13.6. The quantitative estimate of drug-likeness (QED) is 0.756. The minimum absolute atomic E-state index is 0.0580. The summed E-state index contributed by atoms with van der Waals surface area (Å²) in [5.74, 6) is -2.84. The van der Waals surface area contributed by atoms with Crippen molar-refractivity contribution in [2.75, 3.05) is 13.7 Å². The zero-order chi connectivity index (χ0) is 18.3. The second-order valence-corrected chi connectivity index (χ2v) is 5.56. The molecule has 0 saturated carbocycles. The second-order valence-electron chi connectivity index (χ2n) is 5.15. The first kappa shape index (κ1) is 19.9. The predicted octanol–water partition coefficient (Wildman–Crippen LogP) is 2.34. The molecule has 132 valence electrons. The molecule has 0 aliphatic rings. The molecule has 0 heterocycles. The van der Waals surface area contributed by atoms with E-state index in [4.69, 9.17) is 16.3 Å². The number of benzene rings is 1. The van der Waals surface area contributed by atoms with Crippen LogP contribution in [0.5, 0.6) is 0 Å². The molecular weight excluding hydrogens is 341 g/mol. The first-order chi connectivity index (χ1) is 11.3. The van der Waals surface area contributed by atoms with Gasteiger partial charge in [-0.05, 0) is 24.1 Å². The molecule has 0 radical (unpaired) electrons. The first-order valence-corrected chi connectivity index (χ1v) is 7.67. The number of ether oxygens (including phenoxy) is 2. The molecule has 0 aromatic heterocycles. The molecule has 1 amide bonds. The summed E-state index contributed by atoms with van der Waals surface area (Å²) < 4.78 is 22.4. The SMILES string of the molecule is CC[C@@H](C)[C@H](NC(=O)COC(=O)c1ccc(F)cc1Cl)C(=O)OC. The minimum atomic E-state index is -0.867. The topological polar surface area (TPSA) is 81.7 Å². The lowest BCUT2D eigenvalue weighted by molar-refractivity contribution is -0.147.